The van der Waals surface area contributed by atoms with Gasteiger partial charge in [0.25, 0.3) is 0 Å². The van der Waals surface area contributed by atoms with E-state index in [2.05, 4.69) is 29.1 Å². The largest absolute Gasteiger partial charge is 0.467 e. The van der Waals surface area contributed by atoms with Crippen LogP contribution in [0.4, 0.5) is 0 Å². The molecule has 1 unspecified atom stereocenters. The Hall–Kier alpha value is -1.55. The van der Waals surface area contributed by atoms with Gasteiger partial charge in [0, 0.05) is 18.8 Å². The van der Waals surface area contributed by atoms with Crippen molar-refractivity contribution in [1.29, 1.82) is 0 Å². The van der Waals surface area contributed by atoms with Crippen LogP contribution in [-0.4, -0.2) is 16.5 Å². The summed E-state index contributed by atoms with van der Waals surface area (Å²) in [6.45, 7) is 5.21. The molecule has 0 bridgehead atoms. The quantitative estimate of drug-likeness (QED) is 0.806. The Morgan fingerprint density at radius 2 is 2.41 bits per heavy atom. The number of aromatic nitrogens is 2. The molecule has 0 aliphatic carbocycles. The number of aryl methyl sites for hydroxylation is 1. The molecule has 1 atom stereocenters. The molecule has 92 valence electrons. The zero-order valence-electron chi connectivity index (χ0n) is 10.4. The van der Waals surface area contributed by atoms with Gasteiger partial charge in [0.05, 0.1) is 12.3 Å². The van der Waals surface area contributed by atoms with Crippen molar-refractivity contribution in [3.63, 3.8) is 0 Å². The lowest BCUT2D eigenvalue weighted by molar-refractivity contribution is 0.404. The molecule has 0 saturated heterocycles. The summed E-state index contributed by atoms with van der Waals surface area (Å²) in [6, 6.07) is 2.19. The van der Waals surface area contributed by atoms with E-state index in [-0.39, 0.29) is 6.04 Å². The predicted octanol–water partition coefficient (Wildman–Crippen LogP) is 2.59. The van der Waals surface area contributed by atoms with E-state index in [0.29, 0.717) is 0 Å². The lowest BCUT2D eigenvalue weighted by atomic mass is 10.1. The molecule has 2 heterocycles. The maximum absolute atomic E-state index is 5.57. The molecular weight excluding hydrogens is 214 g/mol. The third-order valence-electron chi connectivity index (χ3n) is 2.81. The van der Waals surface area contributed by atoms with E-state index in [1.165, 1.54) is 5.56 Å². The van der Waals surface area contributed by atoms with Gasteiger partial charge in [0.15, 0.2) is 0 Å². The molecule has 0 aliphatic heterocycles. The second-order valence-electron chi connectivity index (χ2n) is 4.21. The van der Waals surface area contributed by atoms with Crippen molar-refractivity contribution in [2.24, 2.45) is 0 Å². The molecule has 0 aromatic carbocycles. The lowest BCUT2D eigenvalue weighted by Gasteiger charge is -2.16. The van der Waals surface area contributed by atoms with Crippen LogP contribution in [-0.2, 0) is 6.42 Å². The second-order valence-corrected chi connectivity index (χ2v) is 4.21. The molecule has 0 spiro atoms. The Bertz CT molecular complexity index is 433. The molecule has 0 amide bonds. The Balaban J connectivity index is 2.11. The summed E-state index contributed by atoms with van der Waals surface area (Å²) in [4.78, 5) is 7.40. The summed E-state index contributed by atoms with van der Waals surface area (Å²) in [5.41, 5.74) is 1.19. The van der Waals surface area contributed by atoms with E-state index < -0.39 is 0 Å². The highest BCUT2D eigenvalue weighted by Gasteiger charge is 2.17. The maximum Gasteiger partial charge on any atom is 0.124 e. The highest BCUT2D eigenvalue weighted by molar-refractivity contribution is 5.19. The van der Waals surface area contributed by atoms with E-state index in [0.717, 1.165) is 31.0 Å². The first-order valence-corrected chi connectivity index (χ1v) is 6.07. The van der Waals surface area contributed by atoms with Crippen LogP contribution in [0.1, 0.15) is 36.5 Å². The van der Waals surface area contributed by atoms with Crippen LogP contribution in [0.2, 0.25) is 0 Å². The summed E-state index contributed by atoms with van der Waals surface area (Å²) in [7, 11) is 0. The Labute approximate surface area is 101 Å². The van der Waals surface area contributed by atoms with Gasteiger partial charge in [-0.3, -0.25) is 0 Å². The van der Waals surface area contributed by atoms with Crippen molar-refractivity contribution in [2.45, 2.75) is 32.7 Å². The van der Waals surface area contributed by atoms with Crippen LogP contribution < -0.4 is 5.32 Å². The number of rotatable bonds is 6. The molecule has 4 heteroatoms. The van der Waals surface area contributed by atoms with Gasteiger partial charge in [-0.05, 0) is 31.5 Å². The fraction of sp³-hybridized carbons (Fsp3) is 0.462. The maximum atomic E-state index is 5.57. The zero-order valence-corrected chi connectivity index (χ0v) is 10.4. The second kappa shape index (κ2) is 5.68. The summed E-state index contributed by atoms with van der Waals surface area (Å²) in [5.74, 6) is 1.99. The molecule has 2 aromatic rings. The van der Waals surface area contributed by atoms with Crippen LogP contribution in [0.15, 0.2) is 29.1 Å². The van der Waals surface area contributed by atoms with Gasteiger partial charge in [0.1, 0.15) is 11.6 Å². The van der Waals surface area contributed by atoms with Gasteiger partial charge in [-0.1, -0.05) is 6.92 Å². The highest BCUT2D eigenvalue weighted by atomic mass is 16.3. The Morgan fingerprint density at radius 1 is 1.53 bits per heavy atom. The van der Waals surface area contributed by atoms with Crippen molar-refractivity contribution in [3.05, 3.63) is 41.9 Å². The van der Waals surface area contributed by atoms with Gasteiger partial charge in [0.2, 0.25) is 0 Å². The van der Waals surface area contributed by atoms with E-state index in [1.807, 2.05) is 12.3 Å². The van der Waals surface area contributed by atoms with Crippen molar-refractivity contribution < 1.29 is 4.42 Å². The summed E-state index contributed by atoms with van der Waals surface area (Å²) in [6.07, 6.45) is 7.30. The van der Waals surface area contributed by atoms with Crippen LogP contribution >= 0.6 is 0 Å². The first-order chi connectivity index (χ1) is 8.31. The Kier molecular flexibility index (Phi) is 3.98. The van der Waals surface area contributed by atoms with Crippen LogP contribution in [0.3, 0.4) is 0 Å². The van der Waals surface area contributed by atoms with Crippen LogP contribution in [0, 0.1) is 6.92 Å². The van der Waals surface area contributed by atoms with E-state index in [4.69, 9.17) is 4.42 Å². The van der Waals surface area contributed by atoms with Crippen molar-refractivity contribution in [2.75, 3.05) is 6.54 Å². The highest BCUT2D eigenvalue weighted by Crippen LogP contribution is 2.21. The average molecular weight is 233 g/mol. The summed E-state index contributed by atoms with van der Waals surface area (Å²) >= 11 is 0. The standard InChI is InChI=1S/C13H19N3O/c1-3-5-14-11(9-12-15-6-7-16-12)13-10(2)4-8-17-13/h4,6-8,11,14H,3,5,9H2,1-2H3,(H,15,16). The van der Waals surface area contributed by atoms with Gasteiger partial charge >= 0.3 is 0 Å². The molecule has 4 nitrogen and oxygen atoms in total. The number of nitrogens with one attached hydrogen (secondary N) is 2. The number of aromatic amines is 1. The van der Waals surface area contributed by atoms with Gasteiger partial charge in [-0.15, -0.1) is 0 Å². The third-order valence-corrected chi connectivity index (χ3v) is 2.81. The predicted molar refractivity (Wildman–Crippen MR) is 66.8 cm³/mol. The van der Waals surface area contributed by atoms with Gasteiger partial charge in [-0.2, -0.15) is 0 Å². The number of imidazole rings is 1. The molecule has 0 aliphatic rings. The number of hydrogen-bond donors (Lipinski definition) is 2. The lowest BCUT2D eigenvalue weighted by Crippen LogP contribution is -2.24. The topological polar surface area (TPSA) is 53.9 Å². The first-order valence-electron chi connectivity index (χ1n) is 6.07. The number of furan rings is 1. The van der Waals surface area contributed by atoms with Crippen molar-refractivity contribution in [3.8, 4) is 0 Å². The molecule has 0 radical (unpaired) electrons. The van der Waals surface area contributed by atoms with Gasteiger partial charge in [-0.25, -0.2) is 4.98 Å². The molecule has 2 N–H and O–H groups in total. The summed E-state index contributed by atoms with van der Waals surface area (Å²) < 4.78 is 5.57. The monoisotopic (exact) mass is 233 g/mol. The molecule has 2 aromatic heterocycles. The first kappa shape index (κ1) is 11.9. The van der Waals surface area contributed by atoms with Crippen LogP contribution in [0.25, 0.3) is 0 Å². The van der Waals surface area contributed by atoms with E-state index in [1.54, 1.807) is 12.5 Å². The van der Waals surface area contributed by atoms with E-state index in [9.17, 15) is 0 Å². The van der Waals surface area contributed by atoms with Crippen LogP contribution in [0.5, 0.6) is 0 Å². The molecule has 17 heavy (non-hydrogen) atoms. The van der Waals surface area contributed by atoms with E-state index >= 15 is 0 Å². The normalized spacial score (nSPS) is 12.8. The number of hydrogen-bond acceptors (Lipinski definition) is 3. The van der Waals surface area contributed by atoms with Crippen molar-refractivity contribution >= 4 is 0 Å². The summed E-state index contributed by atoms with van der Waals surface area (Å²) in [5, 5.41) is 3.50. The minimum atomic E-state index is 0.191. The fourth-order valence-electron chi connectivity index (χ4n) is 1.92. The molecule has 0 saturated carbocycles. The molecule has 0 fully saturated rings. The fourth-order valence-corrected chi connectivity index (χ4v) is 1.92. The SMILES string of the molecule is CCCNC(Cc1ncc[nH]1)c1occc1C. The third kappa shape index (κ3) is 2.97. The average Bonchev–Trinajstić information content (AvgIpc) is 2.95. The Morgan fingerprint density at radius 3 is 3.00 bits per heavy atom. The molecular formula is C13H19N3O. The number of nitrogens with zero attached hydrogens (tertiary/aromatic N) is 1. The smallest absolute Gasteiger partial charge is 0.124 e. The molecule has 2 rings (SSSR count). The van der Waals surface area contributed by atoms with Crippen molar-refractivity contribution in [1.82, 2.24) is 15.3 Å². The minimum absolute atomic E-state index is 0.191. The zero-order chi connectivity index (χ0) is 12.1. The number of H-pyrrole nitrogens is 1. The van der Waals surface area contributed by atoms with Gasteiger partial charge < -0.3 is 14.7 Å². The minimum Gasteiger partial charge on any atom is -0.467 e.